The Morgan fingerprint density at radius 2 is 1.97 bits per heavy atom. The van der Waals surface area contributed by atoms with Crippen molar-refractivity contribution in [1.29, 1.82) is 0 Å². The number of hydrogen-bond donors (Lipinski definition) is 2. The van der Waals surface area contributed by atoms with Crippen LogP contribution in [-0.4, -0.2) is 56.4 Å². The third-order valence-electron chi connectivity index (χ3n) is 7.10. The molecule has 198 valence electrons. The number of quaternary nitrogens is 1. The summed E-state index contributed by atoms with van der Waals surface area (Å²) >= 11 is 7.45. The monoisotopic (exact) mass is 545 g/mol. The Balaban J connectivity index is 1.59. The number of methoxy groups -OCH3 is 1. The zero-order valence-corrected chi connectivity index (χ0v) is 23.2. The van der Waals surface area contributed by atoms with Gasteiger partial charge in [0.05, 0.1) is 36.8 Å². The summed E-state index contributed by atoms with van der Waals surface area (Å²) in [5.74, 6) is 0.632. The fraction of sp³-hybridized carbons (Fsp3) is 0.462. The molecule has 1 aromatic carbocycles. The molecule has 0 radical (unpaired) electrons. The number of ether oxygens (including phenoxy) is 1. The largest absolute Gasteiger partial charge is 0.498 e. The fourth-order valence-electron chi connectivity index (χ4n) is 4.90. The highest BCUT2D eigenvalue weighted by Crippen LogP contribution is 2.41. The molecule has 9 nitrogen and oxygen atoms in total. The quantitative estimate of drug-likeness (QED) is 0.445. The van der Waals surface area contributed by atoms with E-state index in [-0.39, 0.29) is 16.9 Å². The number of aromatic nitrogens is 3. The van der Waals surface area contributed by atoms with Gasteiger partial charge in [0, 0.05) is 24.7 Å². The number of carbonyl (C=O) groups is 1. The number of hydrogen-bond acceptors (Lipinski definition) is 9. The smallest absolute Gasteiger partial charge is 0.257 e. The Kier molecular flexibility index (Phi) is 7.49. The van der Waals surface area contributed by atoms with E-state index < -0.39 is 17.2 Å². The molecule has 3 aromatic rings. The summed E-state index contributed by atoms with van der Waals surface area (Å²) < 4.78 is 4.99. The van der Waals surface area contributed by atoms with Crippen LogP contribution >= 0.6 is 22.9 Å². The summed E-state index contributed by atoms with van der Waals surface area (Å²) in [5, 5.41) is 27.9. The van der Waals surface area contributed by atoms with Crippen LogP contribution in [0.4, 0.5) is 16.4 Å². The van der Waals surface area contributed by atoms with Crippen molar-refractivity contribution in [3.05, 3.63) is 46.2 Å². The molecule has 4 rings (SSSR count). The minimum Gasteiger partial charge on any atom is -0.498 e. The lowest BCUT2D eigenvalue weighted by atomic mass is 9.95. The molecule has 1 fully saturated rings. The lowest BCUT2D eigenvalue weighted by Crippen LogP contribution is -2.68. The number of likely N-dealkylation sites (tertiary alicyclic amines) is 1. The number of nitrogens with one attached hydrogen (secondary N) is 1. The second-order valence-corrected chi connectivity index (χ2v) is 12.0. The third-order valence-corrected chi connectivity index (χ3v) is 8.60. The summed E-state index contributed by atoms with van der Waals surface area (Å²) in [7, 11) is 1.49. The minimum atomic E-state index is -1.19. The van der Waals surface area contributed by atoms with E-state index in [0.29, 0.717) is 41.8 Å². The van der Waals surface area contributed by atoms with Crippen molar-refractivity contribution in [2.45, 2.75) is 58.1 Å². The van der Waals surface area contributed by atoms with Crippen LogP contribution in [0.3, 0.4) is 0 Å². The van der Waals surface area contributed by atoms with Gasteiger partial charge < -0.3 is 25.1 Å². The molecule has 2 atom stereocenters. The summed E-state index contributed by atoms with van der Waals surface area (Å²) in [6.07, 6.45) is 3.43. The van der Waals surface area contributed by atoms with Crippen molar-refractivity contribution in [3.63, 3.8) is 0 Å². The van der Waals surface area contributed by atoms with E-state index in [1.807, 2.05) is 45.9 Å². The molecular formula is C26H32ClN5O4S. The molecular weight excluding hydrogens is 514 g/mol. The first-order valence-electron chi connectivity index (χ1n) is 12.1. The Labute approximate surface area is 225 Å². The van der Waals surface area contributed by atoms with Gasteiger partial charge in [-0.15, -0.1) is 11.3 Å². The van der Waals surface area contributed by atoms with Crippen LogP contribution in [0.15, 0.2) is 30.6 Å². The van der Waals surface area contributed by atoms with Crippen LogP contribution in [0.2, 0.25) is 5.02 Å². The molecule has 2 N–H and O–H groups in total. The number of aliphatic hydroxyl groups is 1. The van der Waals surface area contributed by atoms with E-state index in [9.17, 15) is 15.0 Å². The number of benzene rings is 1. The number of halogens is 1. The summed E-state index contributed by atoms with van der Waals surface area (Å²) in [6.45, 7) is 8.40. The molecule has 1 saturated heterocycles. The van der Waals surface area contributed by atoms with E-state index >= 15 is 0 Å². The van der Waals surface area contributed by atoms with Crippen LogP contribution in [0.1, 0.15) is 50.6 Å². The standard InChI is InChI=1S/C26H32ClN5O4S/c1-16-11-17(13-18(12-16)30-23-29-14-19(27)21(31-23)36-5)20-15-28-22(37-20)26(35)7-6-9-32(10-8-26,24(33)34)25(2,3)4/h11-15,35H,6-10H2,1-5H3,(H-,29,30,31,33,34)/t26-,32?/m1/s1. The maximum absolute atomic E-state index is 12.2. The van der Waals surface area contributed by atoms with Gasteiger partial charge in [-0.05, 0) is 57.4 Å². The number of aryl methyl sites for hydroxylation is 1. The highest BCUT2D eigenvalue weighted by molar-refractivity contribution is 7.15. The molecule has 0 bridgehead atoms. The van der Waals surface area contributed by atoms with E-state index in [4.69, 9.17) is 16.3 Å². The zero-order chi connectivity index (χ0) is 27.0. The number of thiazole rings is 1. The number of carboxylic acid groups (broad SMARTS) is 1. The molecule has 0 saturated carbocycles. The van der Waals surface area contributed by atoms with Gasteiger partial charge in [0.15, 0.2) is 0 Å². The predicted octanol–water partition coefficient (Wildman–Crippen LogP) is 4.64. The molecule has 1 aliphatic heterocycles. The molecule has 0 aliphatic carbocycles. The second-order valence-electron chi connectivity index (χ2n) is 10.5. The summed E-state index contributed by atoms with van der Waals surface area (Å²) in [4.78, 5) is 26.2. The predicted molar refractivity (Wildman–Crippen MR) is 142 cm³/mol. The topological polar surface area (TPSA) is 120 Å². The van der Waals surface area contributed by atoms with Gasteiger partial charge in [-0.25, -0.2) is 9.97 Å². The molecule has 0 spiro atoms. The van der Waals surface area contributed by atoms with Crippen molar-refractivity contribution in [1.82, 2.24) is 15.0 Å². The van der Waals surface area contributed by atoms with E-state index in [2.05, 4.69) is 20.3 Å². The van der Waals surface area contributed by atoms with Crippen LogP contribution in [0, 0.1) is 6.92 Å². The normalized spacial score (nSPS) is 22.4. The first-order valence-corrected chi connectivity index (χ1v) is 13.3. The average molecular weight is 546 g/mol. The molecule has 11 heteroatoms. The number of carbonyl (C=O) groups excluding carboxylic acids is 1. The maximum atomic E-state index is 12.2. The van der Waals surface area contributed by atoms with Crippen molar-refractivity contribution in [2.24, 2.45) is 0 Å². The van der Waals surface area contributed by atoms with Gasteiger partial charge in [0.2, 0.25) is 11.8 Å². The fourth-order valence-corrected chi connectivity index (χ4v) is 6.12. The molecule has 2 aromatic heterocycles. The highest BCUT2D eigenvalue weighted by atomic mass is 35.5. The highest BCUT2D eigenvalue weighted by Gasteiger charge is 2.48. The van der Waals surface area contributed by atoms with E-state index in [0.717, 1.165) is 21.7 Å². The summed E-state index contributed by atoms with van der Waals surface area (Å²) in [5.41, 5.74) is 0.997. The van der Waals surface area contributed by atoms with Gasteiger partial charge >= 0.3 is 0 Å². The Bertz CT molecular complexity index is 1310. The van der Waals surface area contributed by atoms with Crippen molar-refractivity contribution in [2.75, 3.05) is 25.5 Å². The van der Waals surface area contributed by atoms with Gasteiger partial charge in [0.25, 0.3) is 6.09 Å². The number of amides is 1. The van der Waals surface area contributed by atoms with Crippen LogP contribution in [-0.2, 0) is 5.60 Å². The molecule has 1 amide bonds. The third kappa shape index (κ3) is 5.43. The molecule has 37 heavy (non-hydrogen) atoms. The van der Waals surface area contributed by atoms with Crippen LogP contribution < -0.4 is 15.2 Å². The summed E-state index contributed by atoms with van der Waals surface area (Å²) in [6, 6.07) is 5.97. The number of anilines is 2. The molecule has 1 aliphatic rings. The number of nitrogens with zero attached hydrogens (tertiary/aromatic N) is 4. The van der Waals surface area contributed by atoms with Gasteiger partial charge in [0.1, 0.15) is 15.6 Å². The average Bonchev–Trinajstić information content (AvgIpc) is 3.25. The zero-order valence-electron chi connectivity index (χ0n) is 21.7. The lowest BCUT2D eigenvalue weighted by molar-refractivity contribution is -0.919. The van der Waals surface area contributed by atoms with Gasteiger partial charge in [-0.2, -0.15) is 4.98 Å². The lowest BCUT2D eigenvalue weighted by Gasteiger charge is -2.47. The first kappa shape index (κ1) is 27.3. The molecule has 3 heterocycles. The maximum Gasteiger partial charge on any atom is 0.257 e. The Hall–Kier alpha value is -2.79. The Morgan fingerprint density at radius 1 is 1.22 bits per heavy atom. The van der Waals surface area contributed by atoms with Crippen molar-refractivity contribution in [3.8, 4) is 16.3 Å². The first-order chi connectivity index (χ1) is 17.4. The van der Waals surface area contributed by atoms with Gasteiger partial charge in [-0.3, -0.25) is 4.48 Å². The van der Waals surface area contributed by atoms with Crippen LogP contribution in [0.5, 0.6) is 5.88 Å². The van der Waals surface area contributed by atoms with Gasteiger partial charge in [-0.1, -0.05) is 17.7 Å². The van der Waals surface area contributed by atoms with E-state index in [1.54, 1.807) is 6.20 Å². The van der Waals surface area contributed by atoms with E-state index in [1.165, 1.54) is 24.6 Å². The second kappa shape index (κ2) is 10.2. The number of rotatable bonds is 5. The Morgan fingerprint density at radius 3 is 2.65 bits per heavy atom. The van der Waals surface area contributed by atoms with Crippen molar-refractivity contribution >= 4 is 40.7 Å². The SMILES string of the molecule is COc1nc(Nc2cc(C)cc(-c3cnc([C@@]4(O)CCC[N+](C(=O)[O-])(C(C)(C)C)CC4)s3)c2)ncc1Cl. The molecule has 1 unspecified atom stereocenters. The van der Waals surface area contributed by atoms with Crippen LogP contribution in [0.25, 0.3) is 10.4 Å². The minimum absolute atomic E-state index is 0.183. The van der Waals surface area contributed by atoms with Crippen molar-refractivity contribution < 1.29 is 24.2 Å².